The molecular formula is C24H26N2O6. The molecule has 0 saturated carbocycles. The number of imide groups is 2. The van der Waals surface area contributed by atoms with E-state index in [-0.39, 0.29) is 5.57 Å². The molecule has 2 aromatic rings. The lowest BCUT2D eigenvalue weighted by Crippen LogP contribution is -2.52. The van der Waals surface area contributed by atoms with E-state index in [0.717, 1.165) is 21.1 Å². The minimum atomic E-state index is -0.663. The van der Waals surface area contributed by atoms with Gasteiger partial charge in [0.15, 0.2) is 11.5 Å². The lowest BCUT2D eigenvalue weighted by molar-refractivity contribution is -0.134. The van der Waals surface area contributed by atoms with Crippen LogP contribution in [0.4, 0.5) is 4.79 Å². The molecular weight excluding hydrogens is 412 g/mol. The monoisotopic (exact) mass is 438 g/mol. The average molecular weight is 438 g/mol. The summed E-state index contributed by atoms with van der Waals surface area (Å²) in [5, 5.41) is 0. The standard InChI is InChI=1S/C24H26N2O6/c1-5-30-21-15-17(14-18-22(27)25(3)24(29)26(4)23(18)28)10-11-20(21)32-13-12-31-19-9-7-6-8-16(19)2/h6-11,14-15H,5,12-13H2,1-4H3. The van der Waals surface area contributed by atoms with Gasteiger partial charge < -0.3 is 14.2 Å². The van der Waals surface area contributed by atoms with E-state index < -0.39 is 17.8 Å². The number of benzene rings is 2. The number of rotatable bonds is 8. The van der Waals surface area contributed by atoms with Crippen LogP contribution in [0.5, 0.6) is 17.2 Å². The van der Waals surface area contributed by atoms with Crippen LogP contribution in [0.1, 0.15) is 18.1 Å². The Balaban J connectivity index is 1.73. The molecule has 0 aliphatic carbocycles. The van der Waals surface area contributed by atoms with Crippen LogP contribution in [0.25, 0.3) is 6.08 Å². The number of para-hydroxylation sites is 1. The highest BCUT2D eigenvalue weighted by Gasteiger charge is 2.37. The molecule has 8 heteroatoms. The van der Waals surface area contributed by atoms with Crippen molar-refractivity contribution < 1.29 is 28.6 Å². The van der Waals surface area contributed by atoms with Gasteiger partial charge in [-0.3, -0.25) is 19.4 Å². The van der Waals surface area contributed by atoms with E-state index in [4.69, 9.17) is 14.2 Å². The quantitative estimate of drug-likeness (QED) is 0.357. The van der Waals surface area contributed by atoms with Crippen molar-refractivity contribution in [3.05, 3.63) is 59.2 Å². The average Bonchev–Trinajstić information content (AvgIpc) is 2.79. The summed E-state index contributed by atoms with van der Waals surface area (Å²) in [5.74, 6) is 0.507. The van der Waals surface area contributed by atoms with Crippen molar-refractivity contribution in [1.29, 1.82) is 0 Å². The summed E-state index contributed by atoms with van der Waals surface area (Å²) >= 11 is 0. The zero-order chi connectivity index (χ0) is 23.3. The second kappa shape index (κ2) is 10.00. The van der Waals surface area contributed by atoms with E-state index in [2.05, 4.69) is 0 Å². The number of carbonyl (C=O) groups excluding carboxylic acids is 3. The van der Waals surface area contributed by atoms with Crippen molar-refractivity contribution in [3.8, 4) is 17.2 Å². The molecule has 4 amide bonds. The van der Waals surface area contributed by atoms with Gasteiger partial charge in [0.1, 0.15) is 24.5 Å². The van der Waals surface area contributed by atoms with E-state index in [1.54, 1.807) is 18.2 Å². The van der Waals surface area contributed by atoms with Crippen LogP contribution in [0.2, 0.25) is 0 Å². The molecule has 0 unspecified atom stereocenters. The van der Waals surface area contributed by atoms with E-state index in [0.29, 0.717) is 36.9 Å². The maximum Gasteiger partial charge on any atom is 0.333 e. The van der Waals surface area contributed by atoms with Crippen LogP contribution in [0.15, 0.2) is 48.0 Å². The Morgan fingerprint density at radius 1 is 0.812 bits per heavy atom. The number of likely N-dealkylation sites (N-methyl/N-ethyl adjacent to an activating group) is 2. The fraction of sp³-hybridized carbons (Fsp3) is 0.292. The number of hydrogen-bond acceptors (Lipinski definition) is 6. The number of amides is 4. The van der Waals surface area contributed by atoms with Crippen LogP contribution in [-0.2, 0) is 9.59 Å². The molecule has 32 heavy (non-hydrogen) atoms. The minimum absolute atomic E-state index is 0.0997. The third kappa shape index (κ3) is 4.91. The predicted molar refractivity (Wildman–Crippen MR) is 119 cm³/mol. The number of hydrogen-bond donors (Lipinski definition) is 0. The van der Waals surface area contributed by atoms with Gasteiger partial charge in [-0.2, -0.15) is 0 Å². The maximum absolute atomic E-state index is 12.4. The summed E-state index contributed by atoms with van der Waals surface area (Å²) in [7, 11) is 2.67. The number of nitrogens with zero attached hydrogens (tertiary/aromatic N) is 2. The lowest BCUT2D eigenvalue weighted by atomic mass is 10.1. The second-order valence-electron chi connectivity index (χ2n) is 7.17. The smallest absolute Gasteiger partial charge is 0.333 e. The molecule has 168 valence electrons. The molecule has 8 nitrogen and oxygen atoms in total. The van der Waals surface area contributed by atoms with Gasteiger partial charge in [-0.05, 0) is 49.2 Å². The van der Waals surface area contributed by atoms with Gasteiger partial charge in [-0.25, -0.2) is 4.79 Å². The first-order chi connectivity index (χ1) is 15.3. The first kappa shape index (κ1) is 22.9. The van der Waals surface area contributed by atoms with Gasteiger partial charge in [-0.15, -0.1) is 0 Å². The number of barbiturate groups is 1. The van der Waals surface area contributed by atoms with Crippen molar-refractivity contribution in [2.24, 2.45) is 0 Å². The van der Waals surface area contributed by atoms with Crippen LogP contribution in [0, 0.1) is 6.92 Å². The van der Waals surface area contributed by atoms with Crippen LogP contribution < -0.4 is 14.2 Å². The van der Waals surface area contributed by atoms with Crippen LogP contribution in [-0.4, -0.2) is 61.6 Å². The fourth-order valence-electron chi connectivity index (χ4n) is 3.17. The highest BCUT2D eigenvalue weighted by molar-refractivity contribution is 6.30. The molecule has 1 saturated heterocycles. The molecule has 0 atom stereocenters. The molecule has 0 N–H and O–H groups in total. The Hall–Kier alpha value is -3.81. The van der Waals surface area contributed by atoms with Crippen LogP contribution in [0.3, 0.4) is 0 Å². The van der Waals surface area contributed by atoms with E-state index >= 15 is 0 Å². The van der Waals surface area contributed by atoms with Gasteiger partial charge >= 0.3 is 6.03 Å². The molecule has 1 aliphatic rings. The zero-order valence-electron chi connectivity index (χ0n) is 18.6. The summed E-state index contributed by atoms with van der Waals surface area (Å²) in [6.07, 6.45) is 1.44. The summed E-state index contributed by atoms with van der Waals surface area (Å²) in [6.45, 7) is 4.90. The van der Waals surface area contributed by atoms with Crippen molar-refractivity contribution in [3.63, 3.8) is 0 Å². The van der Waals surface area contributed by atoms with Gasteiger partial charge in [-0.1, -0.05) is 24.3 Å². The first-order valence-corrected chi connectivity index (χ1v) is 10.2. The normalized spacial score (nSPS) is 14.0. The third-order valence-electron chi connectivity index (χ3n) is 4.91. The Bertz CT molecular complexity index is 1040. The zero-order valence-corrected chi connectivity index (χ0v) is 18.6. The highest BCUT2D eigenvalue weighted by atomic mass is 16.5. The van der Waals surface area contributed by atoms with Gasteiger partial charge in [0.2, 0.25) is 0 Å². The number of aryl methyl sites for hydroxylation is 1. The molecule has 2 aromatic carbocycles. The Labute approximate surface area is 187 Å². The number of ether oxygens (including phenoxy) is 3. The fourth-order valence-corrected chi connectivity index (χ4v) is 3.17. The number of urea groups is 1. The summed E-state index contributed by atoms with van der Waals surface area (Å²) < 4.78 is 17.2. The predicted octanol–water partition coefficient (Wildman–Crippen LogP) is 3.29. The molecule has 1 aliphatic heterocycles. The summed E-state index contributed by atoms with van der Waals surface area (Å²) in [4.78, 5) is 38.5. The lowest BCUT2D eigenvalue weighted by Gasteiger charge is -2.28. The van der Waals surface area contributed by atoms with E-state index in [9.17, 15) is 14.4 Å². The highest BCUT2D eigenvalue weighted by Crippen LogP contribution is 2.30. The summed E-state index contributed by atoms with van der Waals surface area (Å²) in [5.41, 5.74) is 1.52. The molecule has 0 aromatic heterocycles. The first-order valence-electron chi connectivity index (χ1n) is 10.2. The van der Waals surface area contributed by atoms with Crippen molar-refractivity contribution in [1.82, 2.24) is 9.80 Å². The minimum Gasteiger partial charge on any atom is -0.490 e. The summed E-state index contributed by atoms with van der Waals surface area (Å²) in [6, 6.07) is 12.2. The third-order valence-corrected chi connectivity index (χ3v) is 4.91. The molecule has 3 rings (SSSR count). The van der Waals surface area contributed by atoms with Crippen molar-refractivity contribution in [2.45, 2.75) is 13.8 Å². The van der Waals surface area contributed by atoms with Gasteiger partial charge in [0, 0.05) is 14.1 Å². The van der Waals surface area contributed by atoms with E-state index in [1.165, 1.54) is 20.2 Å². The SMILES string of the molecule is CCOc1cc(C=C2C(=O)N(C)C(=O)N(C)C2=O)ccc1OCCOc1ccccc1C. The van der Waals surface area contributed by atoms with Crippen molar-refractivity contribution in [2.75, 3.05) is 33.9 Å². The maximum atomic E-state index is 12.4. The topological polar surface area (TPSA) is 85.4 Å². The Kier molecular flexibility index (Phi) is 7.14. The largest absolute Gasteiger partial charge is 0.490 e. The molecule has 0 spiro atoms. The van der Waals surface area contributed by atoms with Crippen LogP contribution >= 0.6 is 0 Å². The Morgan fingerprint density at radius 2 is 1.44 bits per heavy atom. The van der Waals surface area contributed by atoms with E-state index in [1.807, 2.05) is 38.1 Å². The molecule has 0 radical (unpaired) electrons. The number of carbonyl (C=O) groups is 3. The van der Waals surface area contributed by atoms with Gasteiger partial charge in [0.05, 0.1) is 6.61 Å². The molecule has 1 heterocycles. The Morgan fingerprint density at radius 3 is 2.06 bits per heavy atom. The molecule has 1 fully saturated rings. The second-order valence-corrected chi connectivity index (χ2v) is 7.17. The van der Waals surface area contributed by atoms with Gasteiger partial charge in [0.25, 0.3) is 11.8 Å². The molecule has 0 bridgehead atoms. The van der Waals surface area contributed by atoms with Crippen molar-refractivity contribution >= 4 is 23.9 Å².